The Morgan fingerprint density at radius 3 is 2.50 bits per heavy atom. The van der Waals surface area contributed by atoms with Crippen LogP contribution >= 0.6 is 0 Å². The van der Waals surface area contributed by atoms with Crippen molar-refractivity contribution in [2.45, 2.75) is 6.42 Å². The Kier molecular flexibility index (Phi) is 3.75. The average Bonchev–Trinajstić information content (AvgIpc) is 2.98. The van der Waals surface area contributed by atoms with E-state index in [-0.39, 0.29) is 12.5 Å². The van der Waals surface area contributed by atoms with Gasteiger partial charge >= 0.3 is 0 Å². The molecule has 0 saturated heterocycles. The van der Waals surface area contributed by atoms with E-state index in [9.17, 15) is 4.79 Å². The van der Waals surface area contributed by atoms with Crippen LogP contribution in [0.1, 0.15) is 11.1 Å². The van der Waals surface area contributed by atoms with E-state index in [0.717, 1.165) is 12.1 Å². The molecular formula is C21H17NO2. The smallest absolute Gasteiger partial charge is 0.262 e. The Bertz CT molecular complexity index is 887. The molecule has 0 fully saturated rings. The fourth-order valence-electron chi connectivity index (χ4n) is 3.09. The summed E-state index contributed by atoms with van der Waals surface area (Å²) in [5.74, 6) is 0.534. The van der Waals surface area contributed by atoms with Crippen molar-refractivity contribution in [2.75, 3.05) is 11.9 Å². The molecule has 3 heteroatoms. The lowest BCUT2D eigenvalue weighted by Gasteiger charge is -2.09. The van der Waals surface area contributed by atoms with Gasteiger partial charge in [0.25, 0.3) is 5.91 Å². The minimum atomic E-state index is -0.158. The van der Waals surface area contributed by atoms with Crippen molar-refractivity contribution in [1.29, 1.82) is 0 Å². The lowest BCUT2D eigenvalue weighted by molar-refractivity contribution is -0.118. The molecular weight excluding hydrogens is 298 g/mol. The molecule has 3 aromatic rings. The van der Waals surface area contributed by atoms with Crippen molar-refractivity contribution >= 4 is 11.6 Å². The summed E-state index contributed by atoms with van der Waals surface area (Å²) in [6, 6.07) is 23.8. The summed E-state index contributed by atoms with van der Waals surface area (Å²) in [6.07, 6.45) is 0.912. The van der Waals surface area contributed by atoms with Gasteiger partial charge in [0.05, 0.1) is 0 Å². The molecule has 0 bridgehead atoms. The second-order valence-corrected chi connectivity index (χ2v) is 5.86. The molecule has 0 radical (unpaired) electrons. The fourth-order valence-corrected chi connectivity index (χ4v) is 3.09. The van der Waals surface area contributed by atoms with Gasteiger partial charge < -0.3 is 10.1 Å². The van der Waals surface area contributed by atoms with Gasteiger partial charge in [0, 0.05) is 5.69 Å². The summed E-state index contributed by atoms with van der Waals surface area (Å²) in [5.41, 5.74) is 5.94. The van der Waals surface area contributed by atoms with Crippen LogP contribution in [0.3, 0.4) is 0 Å². The molecule has 0 heterocycles. The lowest BCUT2D eigenvalue weighted by atomic mass is 10.1. The van der Waals surface area contributed by atoms with E-state index in [4.69, 9.17) is 4.74 Å². The highest BCUT2D eigenvalue weighted by molar-refractivity contribution is 5.92. The standard InChI is InChI=1S/C21H17NO2/c23-21(14-24-18-7-2-1-3-8-18)22-17-10-11-20-16(13-17)12-15-6-4-5-9-19(15)20/h1-11,13H,12,14H2,(H,22,23). The number of rotatable bonds is 4. The molecule has 3 aromatic carbocycles. The quantitative estimate of drug-likeness (QED) is 0.610. The average molecular weight is 315 g/mol. The van der Waals surface area contributed by atoms with Gasteiger partial charge in [-0.1, -0.05) is 48.5 Å². The summed E-state index contributed by atoms with van der Waals surface area (Å²) < 4.78 is 5.47. The Balaban J connectivity index is 1.43. The van der Waals surface area contributed by atoms with Gasteiger partial charge in [0.2, 0.25) is 0 Å². The summed E-state index contributed by atoms with van der Waals surface area (Å²) in [5, 5.41) is 2.90. The fraction of sp³-hybridized carbons (Fsp3) is 0.0952. The molecule has 0 saturated carbocycles. The SMILES string of the molecule is O=C(COc1ccccc1)Nc1ccc2c(c1)Cc1ccccc1-2. The zero-order chi connectivity index (χ0) is 16.4. The number of hydrogen-bond donors (Lipinski definition) is 1. The van der Waals surface area contributed by atoms with Crippen LogP contribution in [0, 0.1) is 0 Å². The van der Waals surface area contributed by atoms with Gasteiger partial charge in [-0.3, -0.25) is 4.79 Å². The third-order valence-electron chi connectivity index (χ3n) is 4.19. The Morgan fingerprint density at radius 1 is 0.875 bits per heavy atom. The van der Waals surface area contributed by atoms with Crippen LogP contribution in [0.2, 0.25) is 0 Å². The normalized spacial score (nSPS) is 11.5. The van der Waals surface area contributed by atoms with Crippen molar-refractivity contribution in [3.8, 4) is 16.9 Å². The van der Waals surface area contributed by atoms with E-state index < -0.39 is 0 Å². The number of carbonyl (C=O) groups is 1. The minimum Gasteiger partial charge on any atom is -0.484 e. The van der Waals surface area contributed by atoms with E-state index >= 15 is 0 Å². The number of hydrogen-bond acceptors (Lipinski definition) is 2. The number of benzene rings is 3. The number of carbonyl (C=O) groups excluding carboxylic acids is 1. The zero-order valence-electron chi connectivity index (χ0n) is 13.2. The molecule has 1 aliphatic rings. The van der Waals surface area contributed by atoms with Gasteiger partial charge in [0.15, 0.2) is 6.61 Å². The highest BCUT2D eigenvalue weighted by atomic mass is 16.5. The molecule has 0 aliphatic heterocycles. The molecule has 0 atom stereocenters. The molecule has 1 N–H and O–H groups in total. The topological polar surface area (TPSA) is 38.3 Å². The number of nitrogens with one attached hydrogen (secondary N) is 1. The monoisotopic (exact) mass is 315 g/mol. The van der Waals surface area contributed by atoms with Crippen LogP contribution in [-0.2, 0) is 11.2 Å². The molecule has 4 rings (SSSR count). The van der Waals surface area contributed by atoms with Crippen LogP contribution in [0.25, 0.3) is 11.1 Å². The Labute approximate surface area is 140 Å². The van der Waals surface area contributed by atoms with E-state index in [1.165, 1.54) is 22.3 Å². The maximum atomic E-state index is 12.1. The number of amides is 1. The second-order valence-electron chi connectivity index (χ2n) is 5.86. The minimum absolute atomic E-state index is 0.00131. The van der Waals surface area contributed by atoms with Gasteiger partial charge in [-0.05, 0) is 52.9 Å². The van der Waals surface area contributed by atoms with E-state index in [1.54, 1.807) is 0 Å². The maximum Gasteiger partial charge on any atom is 0.262 e. The highest BCUT2D eigenvalue weighted by Crippen LogP contribution is 2.37. The van der Waals surface area contributed by atoms with Gasteiger partial charge in [-0.25, -0.2) is 0 Å². The lowest BCUT2D eigenvalue weighted by Crippen LogP contribution is -2.20. The number of fused-ring (bicyclic) bond motifs is 3. The Morgan fingerprint density at radius 2 is 1.62 bits per heavy atom. The highest BCUT2D eigenvalue weighted by Gasteiger charge is 2.18. The molecule has 0 spiro atoms. The Hall–Kier alpha value is -3.07. The van der Waals surface area contributed by atoms with E-state index in [1.807, 2.05) is 36.4 Å². The number of ether oxygens (including phenoxy) is 1. The summed E-state index contributed by atoms with van der Waals surface area (Å²) >= 11 is 0. The van der Waals surface area contributed by atoms with Crippen molar-refractivity contribution in [1.82, 2.24) is 0 Å². The summed E-state index contributed by atoms with van der Waals surface area (Å²) in [4.78, 5) is 12.1. The largest absolute Gasteiger partial charge is 0.484 e. The zero-order valence-corrected chi connectivity index (χ0v) is 13.2. The van der Waals surface area contributed by atoms with Crippen molar-refractivity contribution < 1.29 is 9.53 Å². The molecule has 24 heavy (non-hydrogen) atoms. The molecule has 118 valence electrons. The molecule has 0 aromatic heterocycles. The van der Waals surface area contributed by atoms with Crippen LogP contribution in [-0.4, -0.2) is 12.5 Å². The van der Waals surface area contributed by atoms with Gasteiger partial charge in [0.1, 0.15) is 5.75 Å². The first-order valence-electron chi connectivity index (χ1n) is 7.98. The van der Waals surface area contributed by atoms with Crippen LogP contribution in [0.15, 0.2) is 72.8 Å². The molecule has 0 unspecified atom stereocenters. The van der Waals surface area contributed by atoms with Crippen LogP contribution < -0.4 is 10.1 Å². The van der Waals surface area contributed by atoms with E-state index in [2.05, 4.69) is 41.7 Å². The molecule has 1 amide bonds. The first kappa shape index (κ1) is 14.5. The molecule has 3 nitrogen and oxygen atoms in total. The number of anilines is 1. The number of para-hydroxylation sites is 1. The predicted octanol–water partition coefficient (Wildman–Crippen LogP) is 4.28. The maximum absolute atomic E-state index is 12.1. The summed E-state index contributed by atoms with van der Waals surface area (Å²) in [7, 11) is 0. The van der Waals surface area contributed by atoms with Gasteiger partial charge in [-0.2, -0.15) is 0 Å². The predicted molar refractivity (Wildman–Crippen MR) is 95.3 cm³/mol. The third kappa shape index (κ3) is 2.88. The van der Waals surface area contributed by atoms with Gasteiger partial charge in [-0.15, -0.1) is 0 Å². The summed E-state index contributed by atoms with van der Waals surface area (Å²) in [6.45, 7) is 0.00131. The van der Waals surface area contributed by atoms with Crippen molar-refractivity contribution in [3.05, 3.63) is 83.9 Å². The van der Waals surface area contributed by atoms with Crippen LogP contribution in [0.4, 0.5) is 5.69 Å². The molecule has 1 aliphatic carbocycles. The van der Waals surface area contributed by atoms with E-state index in [0.29, 0.717) is 5.75 Å². The van der Waals surface area contributed by atoms with Crippen LogP contribution in [0.5, 0.6) is 5.75 Å². The first-order valence-corrected chi connectivity index (χ1v) is 7.98. The van der Waals surface area contributed by atoms with Crippen molar-refractivity contribution in [3.63, 3.8) is 0 Å². The second kappa shape index (κ2) is 6.20. The van der Waals surface area contributed by atoms with Crippen molar-refractivity contribution in [2.24, 2.45) is 0 Å². The third-order valence-corrected chi connectivity index (χ3v) is 4.19. The first-order chi connectivity index (χ1) is 11.8.